The van der Waals surface area contributed by atoms with Crippen LogP contribution in [0.25, 0.3) is 0 Å². The third-order valence-electron chi connectivity index (χ3n) is 2.07. The number of hydrogen-bond donors (Lipinski definition) is 1. The van der Waals surface area contributed by atoms with Crippen LogP contribution in [0.5, 0.6) is 0 Å². The standard InChI is InChI=1S/C10H13Cl2NO2S/c1-8(13-16(14,15)7-6-11)9-2-4-10(12)5-3-9/h2-5,8,13H,6-7H2,1H3/t8-/m1/s1. The largest absolute Gasteiger partial charge is 0.213 e. The van der Waals surface area contributed by atoms with Gasteiger partial charge in [0.2, 0.25) is 10.0 Å². The van der Waals surface area contributed by atoms with Crippen LogP contribution in [0.3, 0.4) is 0 Å². The van der Waals surface area contributed by atoms with E-state index in [0.29, 0.717) is 5.02 Å². The van der Waals surface area contributed by atoms with E-state index in [0.717, 1.165) is 5.56 Å². The summed E-state index contributed by atoms with van der Waals surface area (Å²) in [4.78, 5) is 0. The summed E-state index contributed by atoms with van der Waals surface area (Å²) < 4.78 is 25.5. The highest BCUT2D eigenvalue weighted by molar-refractivity contribution is 7.89. The maximum Gasteiger partial charge on any atom is 0.213 e. The van der Waals surface area contributed by atoms with Crippen molar-refractivity contribution in [2.24, 2.45) is 0 Å². The van der Waals surface area contributed by atoms with Crippen LogP contribution in [0.1, 0.15) is 18.5 Å². The van der Waals surface area contributed by atoms with Crippen molar-refractivity contribution in [3.8, 4) is 0 Å². The highest BCUT2D eigenvalue weighted by atomic mass is 35.5. The molecule has 16 heavy (non-hydrogen) atoms. The van der Waals surface area contributed by atoms with Gasteiger partial charge < -0.3 is 0 Å². The van der Waals surface area contributed by atoms with E-state index < -0.39 is 10.0 Å². The van der Waals surface area contributed by atoms with E-state index in [2.05, 4.69) is 4.72 Å². The van der Waals surface area contributed by atoms with Crippen molar-refractivity contribution in [1.82, 2.24) is 4.72 Å². The topological polar surface area (TPSA) is 46.2 Å². The highest BCUT2D eigenvalue weighted by Crippen LogP contribution is 2.16. The summed E-state index contributed by atoms with van der Waals surface area (Å²) in [6.07, 6.45) is 0. The predicted octanol–water partition coefficient (Wildman–Crippen LogP) is 2.56. The van der Waals surface area contributed by atoms with Crippen LogP contribution in [-0.4, -0.2) is 20.1 Å². The Bertz CT molecular complexity index is 431. The van der Waals surface area contributed by atoms with Gasteiger partial charge >= 0.3 is 0 Å². The summed E-state index contributed by atoms with van der Waals surface area (Å²) in [5.41, 5.74) is 0.863. The van der Waals surface area contributed by atoms with Gasteiger partial charge in [-0.25, -0.2) is 13.1 Å². The third-order valence-corrected chi connectivity index (χ3v) is 4.19. The van der Waals surface area contributed by atoms with Crippen LogP contribution in [0.15, 0.2) is 24.3 Å². The zero-order chi connectivity index (χ0) is 12.2. The molecular weight excluding hydrogens is 269 g/mol. The molecule has 0 radical (unpaired) electrons. The summed E-state index contributed by atoms with van der Waals surface area (Å²) in [5, 5.41) is 0.625. The highest BCUT2D eigenvalue weighted by Gasteiger charge is 2.14. The van der Waals surface area contributed by atoms with E-state index in [1.54, 1.807) is 31.2 Å². The minimum absolute atomic E-state index is 0.0769. The van der Waals surface area contributed by atoms with Crippen molar-refractivity contribution in [1.29, 1.82) is 0 Å². The molecule has 1 N–H and O–H groups in total. The van der Waals surface area contributed by atoms with Crippen molar-refractivity contribution >= 4 is 33.2 Å². The van der Waals surface area contributed by atoms with Crippen LogP contribution in [0.4, 0.5) is 0 Å². The molecular formula is C10H13Cl2NO2S. The van der Waals surface area contributed by atoms with Crippen molar-refractivity contribution in [3.63, 3.8) is 0 Å². The first-order valence-electron chi connectivity index (χ1n) is 4.76. The smallest absolute Gasteiger partial charge is 0.212 e. The minimum atomic E-state index is -3.30. The zero-order valence-corrected chi connectivity index (χ0v) is 11.1. The quantitative estimate of drug-likeness (QED) is 0.844. The number of hydrogen-bond acceptors (Lipinski definition) is 2. The van der Waals surface area contributed by atoms with Gasteiger partial charge in [-0.3, -0.25) is 0 Å². The third kappa shape index (κ3) is 4.29. The first-order valence-corrected chi connectivity index (χ1v) is 7.32. The second-order valence-electron chi connectivity index (χ2n) is 3.40. The average Bonchev–Trinajstić information content (AvgIpc) is 2.17. The predicted molar refractivity (Wildman–Crippen MR) is 67.5 cm³/mol. The minimum Gasteiger partial charge on any atom is -0.212 e. The normalized spacial score (nSPS) is 13.7. The lowest BCUT2D eigenvalue weighted by Gasteiger charge is -2.14. The molecule has 0 amide bonds. The molecule has 0 aliphatic heterocycles. The van der Waals surface area contributed by atoms with Gasteiger partial charge in [-0.2, -0.15) is 0 Å². The lowest BCUT2D eigenvalue weighted by atomic mass is 10.1. The molecule has 0 saturated carbocycles. The van der Waals surface area contributed by atoms with E-state index in [4.69, 9.17) is 23.2 Å². The molecule has 1 rings (SSSR count). The fourth-order valence-corrected chi connectivity index (χ4v) is 2.98. The fourth-order valence-electron chi connectivity index (χ4n) is 1.25. The Morgan fingerprint density at radius 3 is 2.38 bits per heavy atom. The molecule has 6 heteroatoms. The molecule has 0 aromatic heterocycles. The van der Waals surface area contributed by atoms with E-state index in [9.17, 15) is 8.42 Å². The van der Waals surface area contributed by atoms with Gasteiger partial charge in [0.15, 0.2) is 0 Å². The monoisotopic (exact) mass is 281 g/mol. The first kappa shape index (κ1) is 13.8. The van der Waals surface area contributed by atoms with Crippen molar-refractivity contribution in [2.75, 3.05) is 11.6 Å². The lowest BCUT2D eigenvalue weighted by Crippen LogP contribution is -2.29. The molecule has 3 nitrogen and oxygen atoms in total. The Morgan fingerprint density at radius 2 is 1.88 bits per heavy atom. The number of benzene rings is 1. The van der Waals surface area contributed by atoms with Gasteiger partial charge in [0.25, 0.3) is 0 Å². The molecule has 1 atom stereocenters. The second kappa shape index (κ2) is 5.87. The summed E-state index contributed by atoms with van der Waals surface area (Å²) in [6.45, 7) is 1.77. The molecule has 0 aliphatic rings. The van der Waals surface area contributed by atoms with Gasteiger partial charge in [-0.1, -0.05) is 23.7 Å². The molecule has 90 valence electrons. The first-order chi connectivity index (χ1) is 7.44. The van der Waals surface area contributed by atoms with Crippen molar-refractivity contribution < 1.29 is 8.42 Å². The molecule has 0 saturated heterocycles. The fraction of sp³-hybridized carbons (Fsp3) is 0.400. The number of alkyl halides is 1. The molecule has 0 aliphatic carbocycles. The number of rotatable bonds is 5. The Kier molecular flexibility index (Phi) is 5.05. The van der Waals surface area contributed by atoms with Gasteiger partial charge in [-0.15, -0.1) is 11.6 Å². The maximum absolute atomic E-state index is 11.5. The maximum atomic E-state index is 11.5. The second-order valence-corrected chi connectivity index (χ2v) is 6.09. The van der Waals surface area contributed by atoms with Crippen LogP contribution >= 0.6 is 23.2 Å². The van der Waals surface area contributed by atoms with Crippen LogP contribution in [-0.2, 0) is 10.0 Å². The van der Waals surface area contributed by atoms with Gasteiger partial charge in [0.1, 0.15) is 0 Å². The summed E-state index contributed by atoms with van der Waals surface area (Å²) in [7, 11) is -3.30. The number of nitrogens with one attached hydrogen (secondary N) is 1. The van der Waals surface area contributed by atoms with E-state index in [1.807, 2.05) is 0 Å². The Morgan fingerprint density at radius 1 is 1.31 bits per heavy atom. The Balaban J connectivity index is 2.72. The molecule has 0 fully saturated rings. The van der Waals surface area contributed by atoms with Crippen molar-refractivity contribution in [2.45, 2.75) is 13.0 Å². The van der Waals surface area contributed by atoms with Gasteiger partial charge in [0, 0.05) is 16.9 Å². The van der Waals surface area contributed by atoms with Gasteiger partial charge in [-0.05, 0) is 24.6 Å². The zero-order valence-electron chi connectivity index (χ0n) is 8.78. The average molecular weight is 282 g/mol. The molecule has 0 spiro atoms. The number of halogens is 2. The summed E-state index contributed by atoms with van der Waals surface area (Å²) in [5.74, 6) is 0.00908. The lowest BCUT2D eigenvalue weighted by molar-refractivity contribution is 0.568. The molecule has 0 heterocycles. The summed E-state index contributed by atoms with van der Waals surface area (Å²) >= 11 is 11.1. The number of sulfonamides is 1. The SMILES string of the molecule is C[C@@H](NS(=O)(=O)CCCl)c1ccc(Cl)cc1. The van der Waals surface area contributed by atoms with Crippen LogP contribution < -0.4 is 4.72 Å². The molecule has 0 unspecified atom stereocenters. The Hall–Kier alpha value is -0.290. The Labute approximate surface area is 106 Å². The van der Waals surface area contributed by atoms with Crippen LogP contribution in [0, 0.1) is 0 Å². The molecule has 1 aromatic rings. The van der Waals surface area contributed by atoms with E-state index in [1.165, 1.54) is 0 Å². The molecule has 0 bridgehead atoms. The molecule has 1 aromatic carbocycles. The van der Waals surface area contributed by atoms with Crippen LogP contribution in [0.2, 0.25) is 5.02 Å². The summed E-state index contributed by atoms with van der Waals surface area (Å²) in [6, 6.07) is 6.74. The van der Waals surface area contributed by atoms with Crippen molar-refractivity contribution in [3.05, 3.63) is 34.9 Å². The van der Waals surface area contributed by atoms with E-state index in [-0.39, 0.29) is 17.7 Å². The van der Waals surface area contributed by atoms with E-state index >= 15 is 0 Å². The van der Waals surface area contributed by atoms with Gasteiger partial charge in [0.05, 0.1) is 5.75 Å².